The first-order valence-corrected chi connectivity index (χ1v) is 4.62. The predicted molar refractivity (Wildman–Crippen MR) is 45.7 cm³/mol. The Morgan fingerprint density at radius 3 is 2.91 bits per heavy atom. The van der Waals surface area contributed by atoms with Crippen molar-refractivity contribution in [2.45, 2.75) is 45.2 Å². The van der Waals surface area contributed by atoms with Gasteiger partial charge in [-0.2, -0.15) is 0 Å². The van der Waals surface area contributed by atoms with Gasteiger partial charge in [-0.05, 0) is 50.9 Å². The summed E-state index contributed by atoms with van der Waals surface area (Å²) < 4.78 is 12.9. The number of alkyl halides is 1. The van der Waals surface area contributed by atoms with Crippen LogP contribution in [0.2, 0.25) is 0 Å². The van der Waals surface area contributed by atoms with Crippen molar-refractivity contribution < 1.29 is 4.39 Å². The van der Waals surface area contributed by atoms with Crippen LogP contribution < -0.4 is 0 Å². The zero-order chi connectivity index (χ0) is 8.10. The van der Waals surface area contributed by atoms with Crippen LogP contribution in [0.3, 0.4) is 0 Å². The molecule has 2 radical (unpaired) electrons. The average Bonchev–Trinajstić information content (AvgIpc) is 2.06. The van der Waals surface area contributed by atoms with Crippen LogP contribution in [0.1, 0.15) is 39.0 Å². The molecule has 1 aliphatic carbocycles. The number of rotatable bonds is 3. The molecule has 0 aromatic carbocycles. The van der Waals surface area contributed by atoms with Crippen molar-refractivity contribution >= 4 is 0 Å². The third-order valence-electron chi connectivity index (χ3n) is 2.34. The van der Waals surface area contributed by atoms with Crippen LogP contribution in [-0.2, 0) is 0 Å². The molecule has 0 heterocycles. The van der Waals surface area contributed by atoms with Crippen molar-refractivity contribution in [2.75, 3.05) is 0 Å². The van der Waals surface area contributed by atoms with E-state index in [4.69, 9.17) is 0 Å². The highest BCUT2D eigenvalue weighted by Gasteiger charge is 2.17. The maximum absolute atomic E-state index is 12.9. The molecule has 0 aliphatic heterocycles. The Labute approximate surface area is 69.2 Å². The summed E-state index contributed by atoms with van der Waals surface area (Å²) in [7, 11) is 0. The van der Waals surface area contributed by atoms with E-state index in [9.17, 15) is 4.39 Å². The lowest BCUT2D eigenvalue weighted by Gasteiger charge is -2.21. The second kappa shape index (κ2) is 4.74. The van der Waals surface area contributed by atoms with Crippen molar-refractivity contribution in [1.29, 1.82) is 0 Å². The van der Waals surface area contributed by atoms with E-state index in [0.717, 1.165) is 19.3 Å². The summed E-state index contributed by atoms with van der Waals surface area (Å²) in [6.45, 7) is 1.91. The highest BCUT2D eigenvalue weighted by Crippen LogP contribution is 2.27. The minimum absolute atomic E-state index is 0.527. The van der Waals surface area contributed by atoms with Crippen LogP contribution in [0.15, 0.2) is 0 Å². The van der Waals surface area contributed by atoms with E-state index >= 15 is 0 Å². The van der Waals surface area contributed by atoms with Crippen molar-refractivity contribution in [3.05, 3.63) is 12.8 Å². The maximum Gasteiger partial charge on any atom is 0.100 e. The zero-order valence-electron chi connectivity index (χ0n) is 7.22. The molecule has 0 aromatic heterocycles. The van der Waals surface area contributed by atoms with Crippen LogP contribution in [0.5, 0.6) is 0 Å². The second-order valence-corrected chi connectivity index (χ2v) is 3.34. The number of halogens is 1. The van der Waals surface area contributed by atoms with Crippen LogP contribution >= 0.6 is 0 Å². The smallest absolute Gasteiger partial charge is 0.100 e. The fourth-order valence-corrected chi connectivity index (χ4v) is 1.57. The molecule has 1 fully saturated rings. The molecule has 0 saturated heterocycles. The summed E-state index contributed by atoms with van der Waals surface area (Å²) in [4.78, 5) is 0. The topological polar surface area (TPSA) is 0 Å². The van der Waals surface area contributed by atoms with Crippen molar-refractivity contribution in [3.8, 4) is 0 Å². The van der Waals surface area contributed by atoms with Crippen LogP contribution in [0.25, 0.3) is 0 Å². The highest BCUT2D eigenvalue weighted by molar-refractivity contribution is 4.89. The van der Waals surface area contributed by atoms with Gasteiger partial charge in [0.2, 0.25) is 0 Å². The Morgan fingerprint density at radius 2 is 2.36 bits per heavy atom. The van der Waals surface area contributed by atoms with E-state index in [1.54, 1.807) is 0 Å². The standard InChI is InChI=1S/C10H17F/c1-2-10(11)8-9-6-4-3-5-7-9/h4,7,9-10H,2-3,5-6,8H2,1H3. The van der Waals surface area contributed by atoms with Gasteiger partial charge in [0.25, 0.3) is 0 Å². The molecule has 1 rings (SSSR count). The van der Waals surface area contributed by atoms with E-state index in [1.807, 2.05) is 6.92 Å². The Bertz CT molecular complexity index is 95.0. The van der Waals surface area contributed by atoms with Gasteiger partial charge in [-0.25, -0.2) is 4.39 Å². The summed E-state index contributed by atoms with van der Waals surface area (Å²) >= 11 is 0. The van der Waals surface area contributed by atoms with Gasteiger partial charge in [0.1, 0.15) is 6.17 Å². The van der Waals surface area contributed by atoms with Gasteiger partial charge in [-0.3, -0.25) is 0 Å². The van der Waals surface area contributed by atoms with Crippen molar-refractivity contribution in [3.63, 3.8) is 0 Å². The summed E-state index contributed by atoms with van der Waals surface area (Å²) in [5.74, 6) is 0.527. The molecule has 1 aliphatic rings. The summed E-state index contributed by atoms with van der Waals surface area (Å²) in [5.41, 5.74) is 0. The van der Waals surface area contributed by atoms with Gasteiger partial charge in [0.15, 0.2) is 0 Å². The third-order valence-corrected chi connectivity index (χ3v) is 2.34. The summed E-state index contributed by atoms with van der Waals surface area (Å²) in [6, 6.07) is 0. The maximum atomic E-state index is 12.9. The minimum atomic E-state index is -0.581. The molecular formula is C10H17F. The quantitative estimate of drug-likeness (QED) is 0.588. The average molecular weight is 156 g/mol. The SMILES string of the molecule is CCC(F)CC1[CH]CC[CH]C1. The fourth-order valence-electron chi connectivity index (χ4n) is 1.57. The Balaban J connectivity index is 2.13. The molecule has 64 valence electrons. The van der Waals surface area contributed by atoms with E-state index in [-0.39, 0.29) is 0 Å². The molecule has 2 unspecified atom stereocenters. The van der Waals surface area contributed by atoms with Crippen molar-refractivity contribution in [2.24, 2.45) is 5.92 Å². The first-order valence-electron chi connectivity index (χ1n) is 4.62. The minimum Gasteiger partial charge on any atom is -0.247 e. The summed E-state index contributed by atoms with van der Waals surface area (Å²) in [6.07, 6.45) is 8.84. The van der Waals surface area contributed by atoms with Crippen molar-refractivity contribution in [1.82, 2.24) is 0 Å². The molecule has 0 N–H and O–H groups in total. The van der Waals surface area contributed by atoms with Crippen LogP contribution in [-0.4, -0.2) is 6.17 Å². The largest absolute Gasteiger partial charge is 0.247 e. The van der Waals surface area contributed by atoms with E-state index in [0.29, 0.717) is 12.3 Å². The Kier molecular flexibility index (Phi) is 3.88. The summed E-state index contributed by atoms with van der Waals surface area (Å²) in [5, 5.41) is 0. The molecule has 1 saturated carbocycles. The molecule has 0 spiro atoms. The molecule has 0 amide bonds. The molecule has 0 nitrogen and oxygen atoms in total. The zero-order valence-corrected chi connectivity index (χ0v) is 7.22. The van der Waals surface area contributed by atoms with Gasteiger partial charge in [-0.15, -0.1) is 0 Å². The molecule has 0 bridgehead atoms. The van der Waals surface area contributed by atoms with Gasteiger partial charge in [0.05, 0.1) is 0 Å². The normalized spacial score (nSPS) is 23.5. The molecular weight excluding hydrogens is 139 g/mol. The number of hydrogen-bond donors (Lipinski definition) is 0. The Morgan fingerprint density at radius 1 is 1.55 bits per heavy atom. The lowest BCUT2D eigenvalue weighted by Crippen LogP contribution is -2.13. The van der Waals surface area contributed by atoms with E-state index in [2.05, 4.69) is 12.8 Å². The van der Waals surface area contributed by atoms with E-state index < -0.39 is 6.17 Å². The third kappa shape index (κ3) is 3.22. The second-order valence-electron chi connectivity index (χ2n) is 3.34. The molecule has 0 aromatic rings. The predicted octanol–water partition coefficient (Wildman–Crippen LogP) is 3.33. The lowest BCUT2D eigenvalue weighted by molar-refractivity contribution is 0.264. The first kappa shape index (κ1) is 9.02. The number of hydrogen-bond acceptors (Lipinski definition) is 0. The fraction of sp³-hybridized carbons (Fsp3) is 0.800. The van der Waals surface area contributed by atoms with Gasteiger partial charge >= 0.3 is 0 Å². The lowest BCUT2D eigenvalue weighted by atomic mass is 9.85. The highest BCUT2D eigenvalue weighted by atomic mass is 19.1. The van der Waals surface area contributed by atoms with Crippen LogP contribution in [0, 0.1) is 18.8 Å². The molecule has 11 heavy (non-hydrogen) atoms. The molecule has 1 heteroatoms. The first-order chi connectivity index (χ1) is 5.33. The van der Waals surface area contributed by atoms with Gasteiger partial charge in [-0.1, -0.05) is 6.92 Å². The van der Waals surface area contributed by atoms with Gasteiger partial charge in [0, 0.05) is 0 Å². The molecule has 2 atom stereocenters. The van der Waals surface area contributed by atoms with E-state index in [1.165, 1.54) is 6.42 Å². The van der Waals surface area contributed by atoms with Gasteiger partial charge < -0.3 is 0 Å². The Hall–Kier alpha value is -0.0700. The van der Waals surface area contributed by atoms with Crippen LogP contribution in [0.4, 0.5) is 4.39 Å². The monoisotopic (exact) mass is 156 g/mol.